The van der Waals surface area contributed by atoms with Crippen molar-refractivity contribution in [2.45, 2.75) is 31.5 Å². The Morgan fingerprint density at radius 2 is 2.28 bits per heavy atom. The Bertz CT molecular complexity index is 489. The van der Waals surface area contributed by atoms with Crippen molar-refractivity contribution in [3.05, 3.63) is 22.2 Å². The summed E-state index contributed by atoms with van der Waals surface area (Å²) >= 11 is 0. The van der Waals surface area contributed by atoms with Gasteiger partial charge in [-0.15, -0.1) is 0 Å². The van der Waals surface area contributed by atoms with Gasteiger partial charge in [0.05, 0.1) is 19.3 Å². The summed E-state index contributed by atoms with van der Waals surface area (Å²) in [5, 5.41) is 27.6. The highest BCUT2D eigenvalue weighted by atomic mass is 16.5. The number of nitrogen functional groups attached to an aromatic ring is 1. The van der Waals surface area contributed by atoms with Crippen LogP contribution < -0.4 is 11.4 Å². The van der Waals surface area contributed by atoms with Crippen molar-refractivity contribution in [2.24, 2.45) is 0 Å². The number of anilines is 1. The van der Waals surface area contributed by atoms with E-state index in [-0.39, 0.29) is 25.5 Å². The smallest absolute Gasteiger partial charge is 0.351 e. The number of nitrogens with zero attached hydrogens (tertiary/aromatic N) is 2. The maximum absolute atomic E-state index is 11.7. The van der Waals surface area contributed by atoms with E-state index in [2.05, 4.69) is 4.98 Å². The van der Waals surface area contributed by atoms with Crippen molar-refractivity contribution < 1.29 is 20.1 Å². The molecule has 0 spiro atoms. The Kier molecular flexibility index (Phi) is 3.62. The van der Waals surface area contributed by atoms with Crippen molar-refractivity contribution in [3.63, 3.8) is 0 Å². The average Bonchev–Trinajstić information content (AvgIpc) is 2.70. The molecule has 1 aliphatic heterocycles. The fourth-order valence-corrected chi connectivity index (χ4v) is 1.90. The molecule has 0 bridgehead atoms. The molecule has 5 N–H and O–H groups in total. The van der Waals surface area contributed by atoms with Gasteiger partial charge in [-0.25, -0.2) is 4.79 Å². The molecule has 8 nitrogen and oxygen atoms in total. The van der Waals surface area contributed by atoms with E-state index in [4.69, 9.17) is 20.7 Å². The van der Waals surface area contributed by atoms with Crippen LogP contribution >= 0.6 is 0 Å². The van der Waals surface area contributed by atoms with E-state index in [9.17, 15) is 9.90 Å². The number of nitrogens with two attached hydrogens (primary N) is 1. The SMILES string of the molecule is Nc1nc(=O)n([C@H]2C[C@@H](O)C(CO)O2)cc1CO. The van der Waals surface area contributed by atoms with Crippen LogP contribution in [0.3, 0.4) is 0 Å². The fraction of sp³-hybridized carbons (Fsp3) is 0.600. The lowest BCUT2D eigenvalue weighted by Gasteiger charge is -2.15. The highest BCUT2D eigenvalue weighted by Gasteiger charge is 2.35. The van der Waals surface area contributed by atoms with Crippen molar-refractivity contribution in [2.75, 3.05) is 12.3 Å². The molecule has 0 aliphatic carbocycles. The molecule has 1 unspecified atom stereocenters. The minimum atomic E-state index is -0.845. The highest BCUT2D eigenvalue weighted by molar-refractivity contribution is 5.36. The van der Waals surface area contributed by atoms with Crippen LogP contribution in [0.25, 0.3) is 0 Å². The molecule has 1 aromatic rings. The minimum Gasteiger partial charge on any atom is -0.394 e. The largest absolute Gasteiger partial charge is 0.394 e. The van der Waals surface area contributed by atoms with Crippen molar-refractivity contribution in [1.29, 1.82) is 0 Å². The molecule has 1 aliphatic rings. The normalized spacial score (nSPS) is 27.6. The van der Waals surface area contributed by atoms with Gasteiger partial charge in [-0.05, 0) is 0 Å². The predicted octanol–water partition coefficient (Wildman–Crippen LogP) is -2.04. The van der Waals surface area contributed by atoms with Crippen molar-refractivity contribution >= 4 is 5.82 Å². The summed E-state index contributed by atoms with van der Waals surface area (Å²) in [5.74, 6) is -0.0315. The van der Waals surface area contributed by atoms with E-state index in [1.54, 1.807) is 0 Å². The Labute approximate surface area is 102 Å². The molecule has 18 heavy (non-hydrogen) atoms. The number of aliphatic hydroxyl groups excluding tert-OH is 3. The summed E-state index contributed by atoms with van der Waals surface area (Å²) in [6.07, 6.45) is -0.772. The first kappa shape index (κ1) is 13.0. The van der Waals surface area contributed by atoms with Gasteiger partial charge in [-0.3, -0.25) is 4.57 Å². The first-order valence-corrected chi connectivity index (χ1v) is 5.49. The zero-order valence-electron chi connectivity index (χ0n) is 9.56. The first-order chi connectivity index (χ1) is 8.56. The summed E-state index contributed by atoms with van der Waals surface area (Å²) in [7, 11) is 0. The average molecular weight is 257 g/mol. The van der Waals surface area contributed by atoms with Crippen LogP contribution in [0, 0.1) is 0 Å². The second kappa shape index (κ2) is 5.02. The lowest BCUT2D eigenvalue weighted by molar-refractivity contribution is -0.0459. The van der Waals surface area contributed by atoms with E-state index in [1.165, 1.54) is 6.20 Å². The predicted molar refractivity (Wildman–Crippen MR) is 60.5 cm³/mol. The Hall–Kier alpha value is -1.48. The van der Waals surface area contributed by atoms with Crippen molar-refractivity contribution in [1.82, 2.24) is 9.55 Å². The second-order valence-electron chi connectivity index (χ2n) is 4.11. The minimum absolute atomic E-state index is 0.0315. The van der Waals surface area contributed by atoms with Gasteiger partial charge in [0.15, 0.2) is 0 Å². The number of hydrogen-bond acceptors (Lipinski definition) is 7. The Morgan fingerprint density at radius 3 is 2.83 bits per heavy atom. The van der Waals surface area contributed by atoms with Crippen LogP contribution in [0.4, 0.5) is 5.82 Å². The second-order valence-corrected chi connectivity index (χ2v) is 4.11. The number of aliphatic hydroxyl groups is 3. The van der Waals surface area contributed by atoms with Gasteiger partial charge in [-0.1, -0.05) is 0 Å². The van der Waals surface area contributed by atoms with Crippen LogP contribution in [0.5, 0.6) is 0 Å². The zero-order valence-corrected chi connectivity index (χ0v) is 9.56. The Morgan fingerprint density at radius 1 is 1.56 bits per heavy atom. The van der Waals surface area contributed by atoms with Gasteiger partial charge in [0, 0.05) is 18.2 Å². The summed E-state index contributed by atoms with van der Waals surface area (Å²) in [6.45, 7) is -0.681. The molecule has 2 rings (SSSR count). The third-order valence-electron chi connectivity index (χ3n) is 2.93. The molecular formula is C10H15N3O5. The molecule has 100 valence electrons. The van der Waals surface area contributed by atoms with E-state index in [1.807, 2.05) is 0 Å². The van der Waals surface area contributed by atoms with Crippen LogP contribution in [0.2, 0.25) is 0 Å². The topological polar surface area (TPSA) is 131 Å². The van der Waals surface area contributed by atoms with E-state index >= 15 is 0 Å². The van der Waals surface area contributed by atoms with Gasteiger partial charge >= 0.3 is 5.69 Å². The summed E-state index contributed by atoms with van der Waals surface area (Å²) in [6, 6.07) is 0. The Balaban J connectivity index is 2.32. The maximum Gasteiger partial charge on any atom is 0.351 e. The molecule has 0 radical (unpaired) electrons. The van der Waals surface area contributed by atoms with Crippen molar-refractivity contribution in [3.8, 4) is 0 Å². The summed E-state index contributed by atoms with van der Waals surface area (Å²) in [4.78, 5) is 15.2. The molecule has 2 heterocycles. The van der Waals surface area contributed by atoms with Gasteiger partial charge in [0.1, 0.15) is 18.1 Å². The van der Waals surface area contributed by atoms with Gasteiger partial charge in [-0.2, -0.15) is 4.98 Å². The van der Waals surface area contributed by atoms with Gasteiger partial charge < -0.3 is 25.8 Å². The number of rotatable bonds is 3. The molecule has 1 saturated heterocycles. The number of aromatic nitrogens is 2. The lowest BCUT2D eigenvalue weighted by atomic mass is 10.2. The number of hydrogen-bond donors (Lipinski definition) is 4. The van der Waals surface area contributed by atoms with E-state index < -0.39 is 24.1 Å². The molecule has 1 fully saturated rings. The van der Waals surface area contributed by atoms with Crippen LogP contribution in [0.15, 0.2) is 11.0 Å². The third kappa shape index (κ3) is 2.23. The molecule has 0 aromatic carbocycles. The monoisotopic (exact) mass is 257 g/mol. The third-order valence-corrected chi connectivity index (χ3v) is 2.93. The first-order valence-electron chi connectivity index (χ1n) is 5.49. The molecule has 1 aromatic heterocycles. The van der Waals surface area contributed by atoms with Gasteiger partial charge in [0.25, 0.3) is 0 Å². The van der Waals surface area contributed by atoms with E-state index in [0.717, 1.165) is 4.57 Å². The molecular weight excluding hydrogens is 242 g/mol. The van der Waals surface area contributed by atoms with Crippen LogP contribution in [-0.4, -0.2) is 43.7 Å². The molecule has 0 saturated carbocycles. The zero-order chi connectivity index (χ0) is 13.3. The molecule has 0 amide bonds. The quantitative estimate of drug-likeness (QED) is 0.490. The lowest BCUT2D eigenvalue weighted by Crippen LogP contribution is -2.29. The fourth-order valence-electron chi connectivity index (χ4n) is 1.90. The highest BCUT2D eigenvalue weighted by Crippen LogP contribution is 2.27. The number of ether oxygens (including phenoxy) is 1. The maximum atomic E-state index is 11.7. The molecule has 3 atom stereocenters. The van der Waals surface area contributed by atoms with Crippen LogP contribution in [-0.2, 0) is 11.3 Å². The van der Waals surface area contributed by atoms with Gasteiger partial charge in [0.2, 0.25) is 0 Å². The van der Waals surface area contributed by atoms with E-state index in [0.29, 0.717) is 5.56 Å². The summed E-state index contributed by atoms with van der Waals surface area (Å²) < 4.78 is 6.48. The summed E-state index contributed by atoms with van der Waals surface area (Å²) in [5.41, 5.74) is 5.15. The molecule has 8 heteroatoms. The standard InChI is InChI=1S/C10H15N3O5/c11-9-5(3-14)2-13(10(17)12-9)8-1-6(16)7(4-15)18-8/h2,6-8,14-16H,1,3-4H2,(H2,11,12,17)/t6-,7?,8-/m1/s1. The van der Waals surface area contributed by atoms with Crippen LogP contribution in [0.1, 0.15) is 18.2 Å².